The quantitative estimate of drug-likeness (QED) is 0.598. The molecule has 0 aliphatic carbocycles. The second-order valence-electron chi connectivity index (χ2n) is 2.79. The maximum atomic E-state index is 9.63. The molecule has 0 aliphatic heterocycles. The van der Waals surface area contributed by atoms with Crippen LogP contribution in [0.5, 0.6) is 0 Å². The van der Waals surface area contributed by atoms with E-state index in [1.165, 1.54) is 13.8 Å². The highest BCUT2D eigenvalue weighted by atomic mass is 32.2. The van der Waals surface area contributed by atoms with Crippen LogP contribution < -0.4 is 0 Å². The molecule has 0 rings (SSSR count). The minimum atomic E-state index is -2.67. The summed E-state index contributed by atoms with van der Waals surface area (Å²) >= 11 is 0. The van der Waals surface area contributed by atoms with Crippen molar-refractivity contribution in [2.75, 3.05) is 25.0 Å². The number of hydrogen-bond acceptors (Lipinski definition) is 4. The molecule has 0 heterocycles. The summed E-state index contributed by atoms with van der Waals surface area (Å²) in [6.45, 7) is 3.06. The largest absolute Gasteiger partial charge is 0.300 e. The van der Waals surface area contributed by atoms with Gasteiger partial charge in [-0.25, -0.2) is 8.42 Å². The fourth-order valence-corrected chi connectivity index (χ4v) is 0. The van der Waals surface area contributed by atoms with Gasteiger partial charge in [0.25, 0.3) is 0 Å². The zero-order chi connectivity index (χ0) is 11.7. The summed E-state index contributed by atoms with van der Waals surface area (Å²) < 4.78 is 28.8. The lowest BCUT2D eigenvalue weighted by molar-refractivity contribution is -0.114. The number of carbonyl (C=O) groups excluding carboxylic acids is 1. The molecule has 0 fully saturated rings. The first kappa shape index (κ1) is 18.5. The first-order valence-electron chi connectivity index (χ1n) is 3.34. The number of sulfone groups is 1. The molecule has 82 valence electrons. The first-order chi connectivity index (χ1) is 5.46. The average molecular weight is 230 g/mol. The van der Waals surface area contributed by atoms with Crippen molar-refractivity contribution < 1.29 is 17.4 Å². The van der Waals surface area contributed by atoms with Crippen molar-refractivity contribution in [3.8, 4) is 0 Å². The minimum Gasteiger partial charge on any atom is -0.300 e. The van der Waals surface area contributed by atoms with Crippen LogP contribution in [0.1, 0.15) is 13.8 Å². The van der Waals surface area contributed by atoms with Gasteiger partial charge in [0.05, 0.1) is 0 Å². The van der Waals surface area contributed by atoms with Crippen LogP contribution in [0.3, 0.4) is 0 Å². The fraction of sp³-hybridized carbons (Fsp3) is 0.857. The minimum absolute atomic E-state index is 0.167. The van der Waals surface area contributed by atoms with Gasteiger partial charge in [0.15, 0.2) is 0 Å². The molecule has 0 amide bonds. The topological polar surface area (TPSA) is 68.3 Å². The Morgan fingerprint density at radius 1 is 1.08 bits per heavy atom. The van der Waals surface area contributed by atoms with Crippen LogP contribution in [0.2, 0.25) is 0 Å². The Kier molecular flexibility index (Phi) is 14.0. The molecule has 0 aromatic heterocycles. The molecule has 0 bridgehead atoms. The van der Waals surface area contributed by atoms with Crippen molar-refractivity contribution in [2.45, 2.75) is 13.8 Å². The lowest BCUT2D eigenvalue weighted by atomic mass is 10.6. The van der Waals surface area contributed by atoms with E-state index in [1.54, 1.807) is 12.5 Å². The van der Waals surface area contributed by atoms with E-state index in [0.717, 1.165) is 12.5 Å². The third-order valence-electron chi connectivity index (χ3n) is 0. The first-order valence-corrected chi connectivity index (χ1v) is 7.60. The van der Waals surface area contributed by atoms with Crippen LogP contribution in [0.25, 0.3) is 0 Å². The molecule has 0 spiro atoms. The molecule has 0 saturated heterocycles. The van der Waals surface area contributed by atoms with E-state index in [-0.39, 0.29) is 5.78 Å². The van der Waals surface area contributed by atoms with Gasteiger partial charge in [-0.3, -0.25) is 4.21 Å². The summed E-state index contributed by atoms with van der Waals surface area (Å²) in [5.41, 5.74) is 0. The van der Waals surface area contributed by atoms with Crippen LogP contribution >= 0.6 is 0 Å². The predicted octanol–water partition coefficient (Wildman–Crippen LogP) is 0.251. The van der Waals surface area contributed by atoms with Gasteiger partial charge in [-0.05, 0) is 13.8 Å². The summed E-state index contributed by atoms with van der Waals surface area (Å²) in [5, 5.41) is 0. The zero-order valence-corrected chi connectivity index (χ0v) is 10.6. The molecule has 4 nitrogen and oxygen atoms in total. The monoisotopic (exact) mass is 230 g/mol. The van der Waals surface area contributed by atoms with E-state index < -0.39 is 20.6 Å². The Balaban J connectivity index is -0.000000117. The Morgan fingerprint density at radius 2 is 1.08 bits per heavy atom. The number of rotatable bonds is 0. The SMILES string of the molecule is CC(C)=O.CS(C)(=O)=O.CS(C)=O. The predicted molar refractivity (Wildman–Crippen MR) is 57.1 cm³/mol. The van der Waals surface area contributed by atoms with Gasteiger partial charge in [0, 0.05) is 35.8 Å². The van der Waals surface area contributed by atoms with E-state index in [4.69, 9.17) is 0 Å². The van der Waals surface area contributed by atoms with Gasteiger partial charge in [-0.2, -0.15) is 0 Å². The Hall–Kier alpha value is -0.230. The summed E-state index contributed by atoms with van der Waals surface area (Å²) in [6.07, 6.45) is 5.60. The molecular formula is C7H18O4S2. The summed E-state index contributed by atoms with van der Waals surface area (Å²) in [6, 6.07) is 0. The molecular weight excluding hydrogens is 212 g/mol. The maximum absolute atomic E-state index is 9.63. The van der Waals surface area contributed by atoms with Crippen molar-refractivity contribution >= 4 is 26.4 Å². The standard InChI is InChI=1S/C3H6O.C2H6O2S.C2H6OS/c1-3(2)4;1-5(2,3)4;1-4(2)3/h1-2H3;1-2H3;1-2H3. The van der Waals surface area contributed by atoms with Crippen molar-refractivity contribution in [3.63, 3.8) is 0 Å². The highest BCUT2D eigenvalue weighted by molar-refractivity contribution is 7.89. The van der Waals surface area contributed by atoms with Gasteiger partial charge in [0.1, 0.15) is 15.6 Å². The normalized spacial score (nSPS) is 9.15. The molecule has 0 aliphatic rings. The molecule has 0 aromatic rings. The lowest BCUT2D eigenvalue weighted by Crippen LogP contribution is -1.86. The molecule has 0 radical (unpaired) electrons. The lowest BCUT2D eigenvalue weighted by Gasteiger charge is -1.69. The Bertz CT molecular complexity index is 213. The number of carbonyl (C=O) groups is 1. The number of ketones is 1. The zero-order valence-electron chi connectivity index (χ0n) is 8.95. The molecule has 0 saturated carbocycles. The second kappa shape index (κ2) is 9.85. The number of Topliss-reactive ketones (excluding diaryl/α,β-unsaturated/α-hetero) is 1. The Labute approximate surface area is 83.1 Å². The molecule has 0 unspecified atom stereocenters. The van der Waals surface area contributed by atoms with Gasteiger partial charge < -0.3 is 4.79 Å². The number of hydrogen-bond donors (Lipinski definition) is 0. The van der Waals surface area contributed by atoms with E-state index in [9.17, 15) is 17.4 Å². The van der Waals surface area contributed by atoms with Gasteiger partial charge in [-0.1, -0.05) is 0 Å². The van der Waals surface area contributed by atoms with Crippen LogP contribution in [-0.2, 0) is 25.4 Å². The van der Waals surface area contributed by atoms with Crippen LogP contribution in [0.15, 0.2) is 0 Å². The second-order valence-corrected chi connectivity index (χ2v) is 6.56. The molecule has 0 aromatic carbocycles. The van der Waals surface area contributed by atoms with E-state index >= 15 is 0 Å². The highest BCUT2D eigenvalue weighted by Gasteiger charge is 1.79. The van der Waals surface area contributed by atoms with Gasteiger partial charge in [-0.15, -0.1) is 0 Å². The van der Waals surface area contributed by atoms with Crippen LogP contribution in [0, 0.1) is 0 Å². The van der Waals surface area contributed by atoms with Gasteiger partial charge >= 0.3 is 0 Å². The summed E-state index contributed by atoms with van der Waals surface area (Å²) in [5.74, 6) is 0.167. The van der Waals surface area contributed by atoms with Crippen molar-refractivity contribution in [2.24, 2.45) is 0 Å². The third kappa shape index (κ3) is 21200. The van der Waals surface area contributed by atoms with E-state index in [1.807, 2.05) is 0 Å². The molecule has 0 atom stereocenters. The van der Waals surface area contributed by atoms with Crippen molar-refractivity contribution in [1.29, 1.82) is 0 Å². The van der Waals surface area contributed by atoms with Crippen molar-refractivity contribution in [3.05, 3.63) is 0 Å². The van der Waals surface area contributed by atoms with Crippen LogP contribution in [-0.4, -0.2) is 43.4 Å². The highest BCUT2D eigenvalue weighted by Crippen LogP contribution is 1.61. The molecule has 0 N–H and O–H groups in total. The molecule has 6 heteroatoms. The van der Waals surface area contributed by atoms with Gasteiger partial charge in [0.2, 0.25) is 0 Å². The maximum Gasteiger partial charge on any atom is 0.144 e. The smallest absolute Gasteiger partial charge is 0.144 e. The molecule has 13 heavy (non-hydrogen) atoms. The average Bonchev–Trinajstić information content (AvgIpc) is 1.50. The van der Waals surface area contributed by atoms with E-state index in [0.29, 0.717) is 0 Å². The summed E-state index contributed by atoms with van der Waals surface area (Å²) in [4.78, 5) is 9.44. The van der Waals surface area contributed by atoms with Crippen molar-refractivity contribution in [1.82, 2.24) is 0 Å². The summed E-state index contributed by atoms with van der Waals surface area (Å²) in [7, 11) is -3.28. The van der Waals surface area contributed by atoms with E-state index in [2.05, 4.69) is 0 Å². The Morgan fingerprint density at radius 3 is 1.08 bits per heavy atom. The third-order valence-corrected chi connectivity index (χ3v) is 0. The fourth-order valence-electron chi connectivity index (χ4n) is 0. The van der Waals surface area contributed by atoms with Crippen LogP contribution in [0.4, 0.5) is 0 Å².